The van der Waals surface area contributed by atoms with Crippen molar-refractivity contribution in [1.82, 2.24) is 25.1 Å². The Kier molecular flexibility index (Phi) is 6.25. The van der Waals surface area contributed by atoms with E-state index in [9.17, 15) is 4.79 Å². The molecule has 0 saturated heterocycles. The summed E-state index contributed by atoms with van der Waals surface area (Å²) in [5.74, 6) is 0.462. The zero-order valence-electron chi connectivity index (χ0n) is 15.6. The number of aliphatic hydroxyl groups excluding tert-OH is 1. The number of hydrogen-bond acceptors (Lipinski definition) is 5. The van der Waals surface area contributed by atoms with Crippen LogP contribution < -0.4 is 5.32 Å². The molecule has 2 aromatic rings. The highest BCUT2D eigenvalue weighted by atomic mass is 16.3. The molecule has 0 saturated carbocycles. The van der Waals surface area contributed by atoms with Gasteiger partial charge in [0.25, 0.3) is 5.95 Å². The summed E-state index contributed by atoms with van der Waals surface area (Å²) in [6.45, 7) is 9.72. The van der Waals surface area contributed by atoms with Gasteiger partial charge in [0.1, 0.15) is 0 Å². The molecule has 25 heavy (non-hydrogen) atoms. The average molecular weight is 345 g/mol. The standard InChI is InChI=1S/C18H27N5O2/c1-6-15(7-8-24)21-17(25)10-16-13(4)22-23(14(16)5)18-19-11(2)9-12(3)20-18/h9,15,24H,6-8,10H2,1-5H3,(H,21,25). The monoisotopic (exact) mass is 345 g/mol. The van der Waals surface area contributed by atoms with Gasteiger partial charge in [-0.2, -0.15) is 5.10 Å². The maximum atomic E-state index is 12.4. The van der Waals surface area contributed by atoms with Crippen LogP contribution in [0.1, 0.15) is 48.1 Å². The molecule has 2 N–H and O–H groups in total. The number of nitrogens with zero attached hydrogens (tertiary/aromatic N) is 4. The zero-order valence-corrected chi connectivity index (χ0v) is 15.6. The second kappa shape index (κ2) is 8.20. The summed E-state index contributed by atoms with van der Waals surface area (Å²) >= 11 is 0. The van der Waals surface area contributed by atoms with E-state index in [-0.39, 0.29) is 25.0 Å². The van der Waals surface area contributed by atoms with E-state index in [1.165, 1.54) is 0 Å². The lowest BCUT2D eigenvalue weighted by Crippen LogP contribution is -2.36. The van der Waals surface area contributed by atoms with Crippen LogP contribution in [0.5, 0.6) is 0 Å². The lowest BCUT2D eigenvalue weighted by atomic mass is 10.1. The first kappa shape index (κ1) is 19.1. The Morgan fingerprint density at radius 1 is 1.24 bits per heavy atom. The lowest BCUT2D eigenvalue weighted by Gasteiger charge is -2.15. The molecular formula is C18H27N5O2. The topological polar surface area (TPSA) is 92.9 Å². The fourth-order valence-corrected chi connectivity index (χ4v) is 2.90. The second-order valence-electron chi connectivity index (χ2n) is 6.37. The van der Waals surface area contributed by atoms with Crippen molar-refractivity contribution in [3.05, 3.63) is 34.4 Å². The van der Waals surface area contributed by atoms with E-state index < -0.39 is 0 Å². The Labute approximate surface area is 148 Å². The molecule has 0 aliphatic rings. The maximum absolute atomic E-state index is 12.4. The van der Waals surface area contributed by atoms with Crippen molar-refractivity contribution in [1.29, 1.82) is 0 Å². The molecule has 0 aliphatic carbocycles. The Balaban J connectivity index is 2.23. The van der Waals surface area contributed by atoms with Crippen molar-refractivity contribution in [2.75, 3.05) is 6.61 Å². The highest BCUT2D eigenvalue weighted by molar-refractivity contribution is 5.79. The van der Waals surface area contributed by atoms with E-state index in [4.69, 9.17) is 5.11 Å². The molecule has 0 fully saturated rings. The molecule has 7 heteroatoms. The van der Waals surface area contributed by atoms with E-state index >= 15 is 0 Å². The van der Waals surface area contributed by atoms with Gasteiger partial charge in [-0.05, 0) is 46.6 Å². The number of aliphatic hydroxyl groups is 1. The first-order chi connectivity index (χ1) is 11.8. The Morgan fingerprint density at radius 3 is 2.44 bits per heavy atom. The van der Waals surface area contributed by atoms with Gasteiger partial charge in [-0.1, -0.05) is 6.92 Å². The second-order valence-corrected chi connectivity index (χ2v) is 6.37. The van der Waals surface area contributed by atoms with Crippen molar-refractivity contribution in [2.45, 2.75) is 59.9 Å². The number of amides is 1. The predicted octanol–water partition coefficient (Wildman–Crippen LogP) is 1.72. The summed E-state index contributed by atoms with van der Waals surface area (Å²) in [6.07, 6.45) is 1.61. The number of aromatic nitrogens is 4. The summed E-state index contributed by atoms with van der Waals surface area (Å²) in [5.41, 5.74) is 4.31. The minimum atomic E-state index is -0.0626. The number of carbonyl (C=O) groups excluding carboxylic acids is 1. The normalized spacial score (nSPS) is 12.2. The van der Waals surface area contributed by atoms with Crippen LogP contribution in [0.3, 0.4) is 0 Å². The van der Waals surface area contributed by atoms with Gasteiger partial charge in [0.15, 0.2) is 0 Å². The first-order valence-corrected chi connectivity index (χ1v) is 8.63. The van der Waals surface area contributed by atoms with Crippen molar-refractivity contribution >= 4 is 5.91 Å². The van der Waals surface area contributed by atoms with Gasteiger partial charge in [0.2, 0.25) is 5.91 Å². The van der Waals surface area contributed by atoms with Gasteiger partial charge in [0.05, 0.1) is 12.1 Å². The minimum Gasteiger partial charge on any atom is -0.396 e. The summed E-state index contributed by atoms with van der Waals surface area (Å²) in [7, 11) is 0. The number of rotatable bonds is 7. The third kappa shape index (κ3) is 4.63. The summed E-state index contributed by atoms with van der Waals surface area (Å²) in [5, 5.41) is 16.5. The van der Waals surface area contributed by atoms with Crippen LogP contribution in [-0.4, -0.2) is 43.4 Å². The molecule has 136 valence electrons. The van der Waals surface area contributed by atoms with Gasteiger partial charge < -0.3 is 10.4 Å². The molecule has 0 radical (unpaired) electrons. The third-order valence-electron chi connectivity index (χ3n) is 4.27. The number of hydrogen-bond donors (Lipinski definition) is 2. The van der Waals surface area contributed by atoms with Crippen molar-refractivity contribution in [3.8, 4) is 5.95 Å². The molecular weight excluding hydrogens is 318 g/mol. The molecule has 0 aromatic carbocycles. The van der Waals surface area contributed by atoms with Gasteiger partial charge in [0, 0.05) is 35.3 Å². The fourth-order valence-electron chi connectivity index (χ4n) is 2.90. The predicted molar refractivity (Wildman–Crippen MR) is 95.7 cm³/mol. The molecule has 1 atom stereocenters. The maximum Gasteiger partial charge on any atom is 0.251 e. The molecule has 0 bridgehead atoms. The van der Waals surface area contributed by atoms with Crippen LogP contribution in [0, 0.1) is 27.7 Å². The Bertz CT molecular complexity index is 734. The third-order valence-corrected chi connectivity index (χ3v) is 4.27. The lowest BCUT2D eigenvalue weighted by molar-refractivity contribution is -0.121. The highest BCUT2D eigenvalue weighted by Crippen LogP contribution is 2.17. The van der Waals surface area contributed by atoms with Crippen molar-refractivity contribution in [3.63, 3.8) is 0 Å². The van der Waals surface area contributed by atoms with Crippen molar-refractivity contribution in [2.24, 2.45) is 0 Å². The SMILES string of the molecule is CCC(CCO)NC(=O)Cc1c(C)nn(-c2nc(C)cc(C)n2)c1C. The smallest absolute Gasteiger partial charge is 0.251 e. The molecule has 2 aromatic heterocycles. The van der Waals surface area contributed by atoms with Crippen LogP contribution in [0.4, 0.5) is 0 Å². The number of carbonyl (C=O) groups is 1. The van der Waals surface area contributed by atoms with E-state index in [1.807, 2.05) is 40.7 Å². The minimum absolute atomic E-state index is 0.00378. The van der Waals surface area contributed by atoms with Gasteiger partial charge >= 0.3 is 0 Å². The number of nitrogens with one attached hydrogen (secondary N) is 1. The Morgan fingerprint density at radius 2 is 1.88 bits per heavy atom. The first-order valence-electron chi connectivity index (χ1n) is 8.63. The van der Waals surface area contributed by atoms with Crippen LogP contribution in [-0.2, 0) is 11.2 Å². The van der Waals surface area contributed by atoms with Crippen LogP contribution in [0.2, 0.25) is 0 Å². The van der Waals surface area contributed by atoms with E-state index in [0.29, 0.717) is 12.4 Å². The number of aryl methyl sites for hydroxylation is 3. The molecule has 2 heterocycles. The van der Waals surface area contributed by atoms with E-state index in [2.05, 4.69) is 20.4 Å². The molecule has 7 nitrogen and oxygen atoms in total. The highest BCUT2D eigenvalue weighted by Gasteiger charge is 2.19. The van der Waals surface area contributed by atoms with Crippen molar-refractivity contribution < 1.29 is 9.90 Å². The zero-order chi connectivity index (χ0) is 18.6. The van der Waals surface area contributed by atoms with Crippen LogP contribution >= 0.6 is 0 Å². The summed E-state index contributed by atoms with van der Waals surface area (Å²) in [6, 6.07) is 1.91. The van der Waals surface area contributed by atoms with E-state index in [1.54, 1.807) is 4.68 Å². The fraction of sp³-hybridized carbons (Fsp3) is 0.556. The molecule has 2 rings (SSSR count). The van der Waals surface area contributed by atoms with Crippen LogP contribution in [0.15, 0.2) is 6.07 Å². The molecule has 1 unspecified atom stereocenters. The Hall–Kier alpha value is -2.28. The largest absolute Gasteiger partial charge is 0.396 e. The molecule has 0 spiro atoms. The molecule has 0 aliphatic heterocycles. The molecule has 1 amide bonds. The van der Waals surface area contributed by atoms with Crippen LogP contribution in [0.25, 0.3) is 5.95 Å². The van der Waals surface area contributed by atoms with Gasteiger partial charge in [-0.25, -0.2) is 14.6 Å². The van der Waals surface area contributed by atoms with E-state index in [0.717, 1.165) is 34.8 Å². The summed E-state index contributed by atoms with van der Waals surface area (Å²) < 4.78 is 1.70. The van der Waals surface area contributed by atoms with Gasteiger partial charge in [-0.15, -0.1) is 0 Å². The average Bonchev–Trinajstić information content (AvgIpc) is 2.81. The quantitative estimate of drug-likeness (QED) is 0.797. The summed E-state index contributed by atoms with van der Waals surface area (Å²) in [4.78, 5) is 21.2. The van der Waals surface area contributed by atoms with Gasteiger partial charge in [-0.3, -0.25) is 4.79 Å².